The number of aromatic nitrogens is 2. The maximum Gasteiger partial charge on any atom is 0.263 e. The fourth-order valence-corrected chi connectivity index (χ4v) is 2.87. The van der Waals surface area contributed by atoms with E-state index in [1.807, 2.05) is 32.9 Å². The van der Waals surface area contributed by atoms with Crippen molar-refractivity contribution < 1.29 is 9.53 Å². The Morgan fingerprint density at radius 3 is 2.95 bits per heavy atom. The average Bonchev–Trinajstić information content (AvgIpc) is 2.89. The predicted molar refractivity (Wildman–Crippen MR) is 88.1 cm³/mol. The number of hydrogen-bond acceptors (Lipinski definition) is 5. The number of carbonyl (C=O) groups is 1. The summed E-state index contributed by atoms with van der Waals surface area (Å²) in [5.74, 6) is -0.0744. The van der Waals surface area contributed by atoms with Gasteiger partial charge in [-0.1, -0.05) is 0 Å². The molecule has 0 bridgehead atoms. The molecule has 0 aromatic carbocycles. The van der Waals surface area contributed by atoms with Crippen LogP contribution in [-0.2, 0) is 4.74 Å². The number of ether oxygens (including phenoxy) is 1. The standard InChI is InChI=1S/C16H21N3O2S/c1-11(2)21-9-5-8-18-15(20)14-12(3)19-16(22-14)13-6-4-7-17-10-13/h4,6-7,10-11H,5,8-9H2,1-3H3,(H,18,20). The van der Waals surface area contributed by atoms with Crippen LogP contribution in [0.15, 0.2) is 24.5 Å². The van der Waals surface area contributed by atoms with Crippen molar-refractivity contribution in [2.24, 2.45) is 0 Å². The Labute approximate surface area is 134 Å². The Morgan fingerprint density at radius 1 is 1.45 bits per heavy atom. The molecule has 0 radical (unpaired) electrons. The SMILES string of the molecule is Cc1nc(-c2cccnc2)sc1C(=O)NCCCOC(C)C. The molecule has 0 aliphatic heterocycles. The molecule has 0 spiro atoms. The summed E-state index contributed by atoms with van der Waals surface area (Å²) in [4.78, 5) is 21.4. The second kappa shape index (κ2) is 8.00. The van der Waals surface area contributed by atoms with Crippen molar-refractivity contribution in [2.75, 3.05) is 13.2 Å². The molecule has 6 heteroatoms. The highest BCUT2D eigenvalue weighted by atomic mass is 32.1. The number of hydrogen-bond donors (Lipinski definition) is 1. The van der Waals surface area contributed by atoms with Crippen molar-refractivity contribution in [1.29, 1.82) is 0 Å². The van der Waals surface area contributed by atoms with Crippen molar-refractivity contribution in [1.82, 2.24) is 15.3 Å². The maximum absolute atomic E-state index is 12.2. The first-order valence-electron chi connectivity index (χ1n) is 7.35. The lowest BCUT2D eigenvalue weighted by molar-refractivity contribution is 0.0757. The second-order valence-electron chi connectivity index (χ2n) is 5.20. The molecule has 2 rings (SSSR count). The van der Waals surface area contributed by atoms with Gasteiger partial charge in [-0.2, -0.15) is 0 Å². The van der Waals surface area contributed by atoms with Gasteiger partial charge in [-0.25, -0.2) is 4.98 Å². The fraction of sp³-hybridized carbons (Fsp3) is 0.438. The van der Waals surface area contributed by atoms with E-state index in [2.05, 4.69) is 15.3 Å². The Hall–Kier alpha value is -1.79. The van der Waals surface area contributed by atoms with E-state index in [4.69, 9.17) is 4.74 Å². The Bertz CT molecular complexity index is 611. The van der Waals surface area contributed by atoms with E-state index in [0.717, 1.165) is 22.7 Å². The van der Waals surface area contributed by atoms with Crippen molar-refractivity contribution in [3.63, 3.8) is 0 Å². The van der Waals surface area contributed by atoms with Gasteiger partial charge in [0.25, 0.3) is 5.91 Å². The van der Waals surface area contributed by atoms with Crippen LogP contribution in [0.5, 0.6) is 0 Å². The second-order valence-corrected chi connectivity index (χ2v) is 6.20. The summed E-state index contributed by atoms with van der Waals surface area (Å²) in [6.07, 6.45) is 4.50. The molecule has 0 aliphatic carbocycles. The normalized spacial score (nSPS) is 10.9. The molecule has 0 atom stereocenters. The van der Waals surface area contributed by atoms with Crippen LogP contribution >= 0.6 is 11.3 Å². The molecular formula is C16H21N3O2S. The number of thiazole rings is 1. The Balaban J connectivity index is 1.92. The Kier molecular flexibility index (Phi) is 6.03. The summed E-state index contributed by atoms with van der Waals surface area (Å²) in [5, 5.41) is 3.73. The monoisotopic (exact) mass is 319 g/mol. The zero-order valence-corrected chi connectivity index (χ0v) is 13.9. The molecule has 0 aliphatic rings. The molecule has 0 fully saturated rings. The minimum atomic E-state index is -0.0744. The molecule has 2 heterocycles. The van der Waals surface area contributed by atoms with E-state index in [0.29, 0.717) is 18.0 Å². The molecule has 0 saturated carbocycles. The molecule has 1 amide bonds. The molecule has 2 aromatic rings. The van der Waals surface area contributed by atoms with Crippen LogP contribution in [0.25, 0.3) is 10.6 Å². The topological polar surface area (TPSA) is 64.1 Å². The minimum Gasteiger partial charge on any atom is -0.379 e. The zero-order chi connectivity index (χ0) is 15.9. The van der Waals surface area contributed by atoms with Gasteiger partial charge in [0.15, 0.2) is 0 Å². The third kappa shape index (κ3) is 4.61. The number of nitrogens with one attached hydrogen (secondary N) is 1. The molecule has 2 aromatic heterocycles. The minimum absolute atomic E-state index is 0.0744. The molecule has 22 heavy (non-hydrogen) atoms. The number of carbonyl (C=O) groups excluding carboxylic acids is 1. The summed E-state index contributed by atoms with van der Waals surface area (Å²) in [6.45, 7) is 7.11. The third-order valence-electron chi connectivity index (χ3n) is 2.97. The third-order valence-corrected chi connectivity index (χ3v) is 4.17. The molecule has 0 unspecified atom stereocenters. The number of pyridine rings is 1. The van der Waals surface area contributed by atoms with Crippen molar-refractivity contribution >= 4 is 17.2 Å². The zero-order valence-electron chi connectivity index (χ0n) is 13.1. The largest absolute Gasteiger partial charge is 0.379 e. The molecule has 118 valence electrons. The van der Waals surface area contributed by atoms with Gasteiger partial charge in [0.1, 0.15) is 9.88 Å². The van der Waals surface area contributed by atoms with Crippen molar-refractivity contribution in [3.8, 4) is 10.6 Å². The highest BCUT2D eigenvalue weighted by molar-refractivity contribution is 7.17. The number of nitrogens with zero attached hydrogens (tertiary/aromatic N) is 2. The van der Waals surface area contributed by atoms with Crippen LogP contribution in [0.2, 0.25) is 0 Å². The summed E-state index contributed by atoms with van der Waals surface area (Å²) in [7, 11) is 0. The van der Waals surface area contributed by atoms with Gasteiger partial charge in [0.05, 0.1) is 11.8 Å². The van der Waals surface area contributed by atoms with Gasteiger partial charge >= 0.3 is 0 Å². The quantitative estimate of drug-likeness (QED) is 0.797. The lowest BCUT2D eigenvalue weighted by Crippen LogP contribution is -2.25. The van der Waals surface area contributed by atoms with Gasteiger partial charge < -0.3 is 10.1 Å². The van der Waals surface area contributed by atoms with Gasteiger partial charge in [-0.15, -0.1) is 11.3 Å². The van der Waals surface area contributed by atoms with E-state index in [1.165, 1.54) is 11.3 Å². The Morgan fingerprint density at radius 2 is 2.27 bits per heavy atom. The number of amides is 1. The van der Waals surface area contributed by atoms with E-state index in [1.54, 1.807) is 12.4 Å². The molecule has 1 N–H and O–H groups in total. The highest BCUT2D eigenvalue weighted by Gasteiger charge is 2.15. The average molecular weight is 319 g/mol. The molecule has 5 nitrogen and oxygen atoms in total. The maximum atomic E-state index is 12.2. The number of rotatable bonds is 7. The van der Waals surface area contributed by atoms with E-state index in [9.17, 15) is 4.79 Å². The smallest absolute Gasteiger partial charge is 0.263 e. The lowest BCUT2D eigenvalue weighted by atomic mass is 10.3. The van der Waals surface area contributed by atoms with Gasteiger partial charge in [0.2, 0.25) is 0 Å². The first-order chi connectivity index (χ1) is 10.6. The fourth-order valence-electron chi connectivity index (χ4n) is 1.89. The number of aryl methyl sites for hydroxylation is 1. The summed E-state index contributed by atoms with van der Waals surface area (Å²) in [6, 6.07) is 3.80. The van der Waals surface area contributed by atoms with Crippen molar-refractivity contribution in [2.45, 2.75) is 33.3 Å². The predicted octanol–water partition coefficient (Wildman–Crippen LogP) is 3.06. The van der Waals surface area contributed by atoms with Crippen molar-refractivity contribution in [3.05, 3.63) is 35.1 Å². The van der Waals surface area contributed by atoms with Crippen LogP contribution in [0, 0.1) is 6.92 Å². The first-order valence-corrected chi connectivity index (χ1v) is 8.17. The summed E-state index contributed by atoms with van der Waals surface area (Å²) in [5.41, 5.74) is 1.68. The van der Waals surface area contributed by atoms with Gasteiger partial charge in [-0.3, -0.25) is 9.78 Å². The molecular weight excluding hydrogens is 298 g/mol. The highest BCUT2D eigenvalue weighted by Crippen LogP contribution is 2.27. The van der Waals surface area contributed by atoms with E-state index >= 15 is 0 Å². The van der Waals surface area contributed by atoms with Crippen LogP contribution in [0.1, 0.15) is 35.6 Å². The first kappa shape index (κ1) is 16.6. The van der Waals surface area contributed by atoms with E-state index in [-0.39, 0.29) is 12.0 Å². The van der Waals surface area contributed by atoms with Gasteiger partial charge in [-0.05, 0) is 39.3 Å². The van der Waals surface area contributed by atoms with E-state index < -0.39 is 0 Å². The van der Waals surface area contributed by atoms with Crippen LogP contribution in [0.3, 0.4) is 0 Å². The summed E-state index contributed by atoms with van der Waals surface area (Å²) >= 11 is 1.39. The van der Waals surface area contributed by atoms with Crippen LogP contribution < -0.4 is 5.32 Å². The molecule has 0 saturated heterocycles. The lowest BCUT2D eigenvalue weighted by Gasteiger charge is -2.07. The summed E-state index contributed by atoms with van der Waals surface area (Å²) < 4.78 is 5.45. The van der Waals surface area contributed by atoms with Gasteiger partial charge in [0, 0.05) is 31.1 Å². The van der Waals surface area contributed by atoms with Crippen LogP contribution in [-0.4, -0.2) is 35.1 Å². The van der Waals surface area contributed by atoms with Crippen LogP contribution in [0.4, 0.5) is 0 Å².